The summed E-state index contributed by atoms with van der Waals surface area (Å²) < 4.78 is 5.65. The fourth-order valence-corrected chi connectivity index (χ4v) is 2.39. The molecule has 5 nitrogen and oxygen atoms in total. The summed E-state index contributed by atoms with van der Waals surface area (Å²) in [7, 11) is 0. The van der Waals surface area contributed by atoms with Gasteiger partial charge in [-0.05, 0) is 37.6 Å². The predicted molar refractivity (Wildman–Crippen MR) is 73.9 cm³/mol. The second-order valence-corrected chi connectivity index (χ2v) is 5.06. The zero-order valence-electron chi connectivity index (χ0n) is 10.4. The molecule has 0 aliphatic carbocycles. The van der Waals surface area contributed by atoms with Crippen molar-refractivity contribution in [3.63, 3.8) is 0 Å². The molecule has 0 radical (unpaired) electrons. The largest absolute Gasteiger partial charge is 0.408 e. The minimum absolute atomic E-state index is 0.316. The summed E-state index contributed by atoms with van der Waals surface area (Å²) in [5.74, 6) is 1.01. The Morgan fingerprint density at radius 2 is 2.32 bits per heavy atom. The predicted octanol–water partition coefficient (Wildman–Crippen LogP) is 2.93. The fraction of sp³-hybridized carbons (Fsp3) is 0.385. The molecule has 0 amide bonds. The van der Waals surface area contributed by atoms with Gasteiger partial charge in [0.05, 0.1) is 0 Å². The fourth-order valence-electron chi connectivity index (χ4n) is 2.20. The number of hydrogen-bond acceptors (Lipinski definition) is 5. The molecule has 2 heterocycles. The van der Waals surface area contributed by atoms with Gasteiger partial charge >= 0.3 is 6.01 Å². The van der Waals surface area contributed by atoms with E-state index < -0.39 is 0 Å². The molecule has 0 bridgehead atoms. The number of anilines is 2. The Morgan fingerprint density at radius 3 is 3.11 bits per heavy atom. The first-order chi connectivity index (χ1) is 9.31. The molecule has 1 fully saturated rings. The lowest BCUT2D eigenvalue weighted by molar-refractivity contribution is 0.381. The van der Waals surface area contributed by atoms with Crippen molar-refractivity contribution < 1.29 is 4.42 Å². The Kier molecular flexibility index (Phi) is 3.66. The van der Waals surface area contributed by atoms with Crippen LogP contribution in [0.1, 0.15) is 24.7 Å². The van der Waals surface area contributed by atoms with Crippen LogP contribution in [0, 0.1) is 0 Å². The summed E-state index contributed by atoms with van der Waals surface area (Å²) in [4.78, 5) is 0. The van der Waals surface area contributed by atoms with Gasteiger partial charge in [-0.2, -0.15) is 0 Å². The SMILES string of the molecule is Clc1cccc(Nc2nnc(C3CCCNC3)o2)c1. The van der Waals surface area contributed by atoms with Gasteiger partial charge in [-0.25, -0.2) is 0 Å². The molecule has 1 unspecified atom stereocenters. The lowest BCUT2D eigenvalue weighted by atomic mass is 10.00. The van der Waals surface area contributed by atoms with Crippen molar-refractivity contribution in [1.29, 1.82) is 0 Å². The van der Waals surface area contributed by atoms with Crippen molar-refractivity contribution in [1.82, 2.24) is 15.5 Å². The number of hydrogen-bond donors (Lipinski definition) is 2. The third-order valence-corrected chi connectivity index (χ3v) is 3.40. The molecule has 1 saturated heterocycles. The minimum Gasteiger partial charge on any atom is -0.408 e. The Balaban J connectivity index is 1.70. The summed E-state index contributed by atoms with van der Waals surface area (Å²) in [6.45, 7) is 1.97. The van der Waals surface area contributed by atoms with Crippen LogP contribution in [0.15, 0.2) is 28.7 Å². The summed E-state index contributed by atoms with van der Waals surface area (Å²) >= 11 is 5.92. The third-order valence-electron chi connectivity index (χ3n) is 3.16. The summed E-state index contributed by atoms with van der Waals surface area (Å²) in [5.41, 5.74) is 0.837. The Hall–Kier alpha value is -1.59. The standard InChI is InChI=1S/C13H15ClN4O/c14-10-4-1-5-11(7-10)16-13-18-17-12(19-13)9-3-2-6-15-8-9/h1,4-5,7,9,15H,2-3,6,8H2,(H,16,18). The molecule has 6 heteroatoms. The average Bonchev–Trinajstić information content (AvgIpc) is 2.88. The lowest BCUT2D eigenvalue weighted by Gasteiger charge is -2.18. The van der Waals surface area contributed by atoms with Gasteiger partial charge in [0.25, 0.3) is 0 Å². The number of nitrogens with zero attached hydrogens (tertiary/aromatic N) is 2. The molecule has 100 valence electrons. The molecule has 2 aromatic rings. The highest BCUT2D eigenvalue weighted by Crippen LogP contribution is 2.25. The molecule has 0 saturated carbocycles. The molecular weight excluding hydrogens is 264 g/mol. The van der Waals surface area contributed by atoms with Crippen LogP contribution in [-0.2, 0) is 0 Å². The van der Waals surface area contributed by atoms with Gasteiger partial charge in [0, 0.05) is 23.2 Å². The molecule has 1 aromatic carbocycles. The van der Waals surface area contributed by atoms with E-state index in [0.717, 1.165) is 31.6 Å². The Morgan fingerprint density at radius 1 is 1.37 bits per heavy atom. The average molecular weight is 279 g/mol. The van der Waals surface area contributed by atoms with Crippen LogP contribution in [0.3, 0.4) is 0 Å². The molecule has 2 N–H and O–H groups in total. The first-order valence-electron chi connectivity index (χ1n) is 6.38. The van der Waals surface area contributed by atoms with Gasteiger partial charge in [-0.15, -0.1) is 5.10 Å². The van der Waals surface area contributed by atoms with E-state index in [9.17, 15) is 0 Å². The van der Waals surface area contributed by atoms with Gasteiger partial charge in [0.15, 0.2) is 0 Å². The van der Waals surface area contributed by atoms with Crippen molar-refractivity contribution in [2.24, 2.45) is 0 Å². The first kappa shape index (κ1) is 12.4. The van der Waals surface area contributed by atoms with Gasteiger partial charge in [0.2, 0.25) is 5.89 Å². The van der Waals surface area contributed by atoms with E-state index in [0.29, 0.717) is 22.8 Å². The maximum atomic E-state index is 5.92. The smallest absolute Gasteiger partial charge is 0.320 e. The number of rotatable bonds is 3. The van der Waals surface area contributed by atoms with Crippen LogP contribution in [0.25, 0.3) is 0 Å². The molecule has 19 heavy (non-hydrogen) atoms. The number of benzene rings is 1. The van der Waals surface area contributed by atoms with Gasteiger partial charge in [-0.1, -0.05) is 22.8 Å². The normalized spacial score (nSPS) is 19.3. The number of piperidine rings is 1. The zero-order valence-corrected chi connectivity index (χ0v) is 11.2. The summed E-state index contributed by atoms with van der Waals surface area (Å²) in [6.07, 6.45) is 2.23. The van der Waals surface area contributed by atoms with E-state index in [2.05, 4.69) is 20.8 Å². The maximum absolute atomic E-state index is 5.92. The topological polar surface area (TPSA) is 63.0 Å². The van der Waals surface area contributed by atoms with Gasteiger partial charge in [0.1, 0.15) is 0 Å². The quantitative estimate of drug-likeness (QED) is 0.904. The van der Waals surface area contributed by atoms with E-state index in [1.807, 2.05) is 24.3 Å². The number of aromatic nitrogens is 2. The monoisotopic (exact) mass is 278 g/mol. The summed E-state index contributed by atoms with van der Waals surface area (Å²) in [5, 5.41) is 15.2. The minimum atomic E-state index is 0.316. The van der Waals surface area contributed by atoms with E-state index in [4.69, 9.17) is 16.0 Å². The maximum Gasteiger partial charge on any atom is 0.320 e. The van der Waals surface area contributed by atoms with Crippen molar-refractivity contribution in [3.8, 4) is 0 Å². The molecule has 1 aliphatic rings. The highest BCUT2D eigenvalue weighted by molar-refractivity contribution is 6.30. The van der Waals surface area contributed by atoms with Crippen molar-refractivity contribution in [2.75, 3.05) is 18.4 Å². The molecule has 3 rings (SSSR count). The first-order valence-corrected chi connectivity index (χ1v) is 6.76. The third kappa shape index (κ3) is 3.05. The van der Waals surface area contributed by atoms with Crippen LogP contribution < -0.4 is 10.6 Å². The zero-order chi connectivity index (χ0) is 13.1. The van der Waals surface area contributed by atoms with Crippen molar-refractivity contribution in [3.05, 3.63) is 35.2 Å². The second kappa shape index (κ2) is 5.59. The summed E-state index contributed by atoms with van der Waals surface area (Å²) in [6, 6.07) is 7.81. The van der Waals surface area contributed by atoms with Gasteiger partial charge < -0.3 is 15.1 Å². The van der Waals surface area contributed by atoms with Crippen LogP contribution in [0.5, 0.6) is 0 Å². The van der Waals surface area contributed by atoms with Crippen LogP contribution in [0.2, 0.25) is 5.02 Å². The molecule has 1 aliphatic heterocycles. The Labute approximate surface area is 116 Å². The number of nitrogens with one attached hydrogen (secondary N) is 2. The Bertz CT molecular complexity index is 551. The van der Waals surface area contributed by atoms with Crippen LogP contribution in [-0.4, -0.2) is 23.3 Å². The molecule has 1 aromatic heterocycles. The molecule has 0 spiro atoms. The van der Waals surface area contributed by atoms with E-state index in [1.165, 1.54) is 0 Å². The van der Waals surface area contributed by atoms with E-state index in [1.54, 1.807) is 0 Å². The highest BCUT2D eigenvalue weighted by atomic mass is 35.5. The number of halogens is 1. The van der Waals surface area contributed by atoms with Crippen molar-refractivity contribution in [2.45, 2.75) is 18.8 Å². The van der Waals surface area contributed by atoms with Crippen LogP contribution >= 0.6 is 11.6 Å². The van der Waals surface area contributed by atoms with Gasteiger partial charge in [-0.3, -0.25) is 0 Å². The molecular formula is C13H15ClN4O. The lowest BCUT2D eigenvalue weighted by Crippen LogP contribution is -2.28. The highest BCUT2D eigenvalue weighted by Gasteiger charge is 2.21. The van der Waals surface area contributed by atoms with E-state index in [-0.39, 0.29) is 0 Å². The molecule has 1 atom stereocenters. The van der Waals surface area contributed by atoms with Crippen molar-refractivity contribution >= 4 is 23.3 Å². The second-order valence-electron chi connectivity index (χ2n) is 4.62. The van der Waals surface area contributed by atoms with E-state index >= 15 is 0 Å². The van der Waals surface area contributed by atoms with Crippen LogP contribution in [0.4, 0.5) is 11.7 Å².